The minimum atomic E-state index is -0.0682. The molecule has 0 radical (unpaired) electrons. The zero-order chi connectivity index (χ0) is 19.1. The van der Waals surface area contributed by atoms with Crippen LogP contribution >= 0.6 is 11.8 Å². The average Bonchev–Trinajstić information content (AvgIpc) is 3.05. The third-order valence-electron chi connectivity index (χ3n) is 3.79. The Kier molecular flexibility index (Phi) is 6.43. The van der Waals surface area contributed by atoms with E-state index in [1.54, 1.807) is 12.4 Å². The molecule has 0 aliphatic rings. The van der Waals surface area contributed by atoms with Gasteiger partial charge < -0.3 is 14.6 Å². The fraction of sp³-hybridized carbons (Fsp3) is 0.263. The van der Waals surface area contributed by atoms with E-state index in [1.807, 2.05) is 54.9 Å². The number of nitrogens with one attached hydrogen (secondary N) is 1. The van der Waals surface area contributed by atoms with E-state index in [4.69, 9.17) is 4.74 Å². The van der Waals surface area contributed by atoms with Crippen LogP contribution in [0.4, 0.5) is 0 Å². The number of nitrogens with zero attached hydrogens (tertiary/aromatic N) is 4. The van der Waals surface area contributed by atoms with Crippen molar-refractivity contribution in [1.29, 1.82) is 0 Å². The summed E-state index contributed by atoms with van der Waals surface area (Å²) in [5.74, 6) is 1.75. The van der Waals surface area contributed by atoms with Crippen molar-refractivity contribution in [3.05, 3.63) is 54.4 Å². The van der Waals surface area contributed by atoms with Crippen LogP contribution < -0.4 is 10.1 Å². The molecule has 0 bridgehead atoms. The Morgan fingerprint density at radius 3 is 2.81 bits per heavy atom. The number of aryl methyl sites for hydroxylation is 1. The highest BCUT2D eigenvalue weighted by Gasteiger charge is 2.12. The lowest BCUT2D eigenvalue weighted by Gasteiger charge is -2.08. The maximum Gasteiger partial charge on any atom is 0.230 e. The van der Waals surface area contributed by atoms with Gasteiger partial charge in [-0.25, -0.2) is 0 Å². The van der Waals surface area contributed by atoms with Crippen LogP contribution in [-0.2, 0) is 11.8 Å². The Morgan fingerprint density at radius 2 is 2.04 bits per heavy atom. The number of thioether (sulfide) groups is 1. The molecule has 3 rings (SSSR count). The molecule has 7 nitrogen and oxygen atoms in total. The predicted molar refractivity (Wildman–Crippen MR) is 105 cm³/mol. The van der Waals surface area contributed by atoms with Crippen LogP contribution in [0.1, 0.15) is 5.56 Å². The van der Waals surface area contributed by atoms with Crippen LogP contribution in [0.2, 0.25) is 0 Å². The molecule has 0 spiro atoms. The second-order valence-corrected chi connectivity index (χ2v) is 6.85. The molecule has 2 heterocycles. The van der Waals surface area contributed by atoms with Gasteiger partial charge in [-0.15, -0.1) is 10.2 Å². The van der Waals surface area contributed by atoms with Crippen LogP contribution in [0, 0.1) is 6.92 Å². The summed E-state index contributed by atoms with van der Waals surface area (Å²) in [6, 6.07) is 11.6. The molecule has 0 aliphatic carbocycles. The number of carbonyl (C=O) groups is 1. The lowest BCUT2D eigenvalue weighted by atomic mass is 10.2. The van der Waals surface area contributed by atoms with E-state index in [0.29, 0.717) is 18.3 Å². The van der Waals surface area contributed by atoms with E-state index in [9.17, 15) is 4.79 Å². The normalized spacial score (nSPS) is 10.6. The summed E-state index contributed by atoms with van der Waals surface area (Å²) in [5.41, 5.74) is 2.08. The van der Waals surface area contributed by atoms with Crippen molar-refractivity contribution in [2.45, 2.75) is 12.1 Å². The standard InChI is InChI=1S/C19H21N5O2S/c1-14-4-3-5-16(12-14)26-11-10-21-17(25)13-27-19-23-22-18(24(19)2)15-6-8-20-9-7-15/h3-9,12H,10-11,13H2,1-2H3,(H,21,25). The molecule has 1 amide bonds. The molecule has 1 N–H and O–H groups in total. The number of aromatic nitrogens is 4. The van der Waals surface area contributed by atoms with Crippen molar-refractivity contribution < 1.29 is 9.53 Å². The van der Waals surface area contributed by atoms with Gasteiger partial charge in [0.25, 0.3) is 0 Å². The highest BCUT2D eigenvalue weighted by Crippen LogP contribution is 2.21. The minimum absolute atomic E-state index is 0.0682. The van der Waals surface area contributed by atoms with Crippen molar-refractivity contribution in [1.82, 2.24) is 25.1 Å². The lowest BCUT2D eigenvalue weighted by molar-refractivity contribution is -0.118. The number of ether oxygens (including phenoxy) is 1. The van der Waals surface area contributed by atoms with Crippen molar-refractivity contribution in [2.75, 3.05) is 18.9 Å². The van der Waals surface area contributed by atoms with E-state index in [1.165, 1.54) is 11.8 Å². The van der Waals surface area contributed by atoms with Gasteiger partial charge in [0.1, 0.15) is 12.4 Å². The number of rotatable bonds is 8. The Morgan fingerprint density at radius 1 is 1.22 bits per heavy atom. The SMILES string of the molecule is Cc1cccc(OCCNC(=O)CSc2nnc(-c3ccncc3)n2C)c1. The Bertz CT molecular complexity index is 898. The number of hydrogen-bond donors (Lipinski definition) is 1. The second kappa shape index (κ2) is 9.18. The van der Waals surface area contributed by atoms with Crippen LogP contribution in [-0.4, -0.2) is 44.6 Å². The number of hydrogen-bond acceptors (Lipinski definition) is 6. The summed E-state index contributed by atoms with van der Waals surface area (Å²) < 4.78 is 7.49. The molecule has 27 heavy (non-hydrogen) atoms. The van der Waals surface area contributed by atoms with Gasteiger partial charge in [0, 0.05) is 25.0 Å². The van der Waals surface area contributed by atoms with Gasteiger partial charge >= 0.3 is 0 Å². The van der Waals surface area contributed by atoms with E-state index >= 15 is 0 Å². The number of benzene rings is 1. The largest absolute Gasteiger partial charge is 0.492 e. The Labute approximate surface area is 162 Å². The smallest absolute Gasteiger partial charge is 0.230 e. The second-order valence-electron chi connectivity index (χ2n) is 5.90. The first-order valence-electron chi connectivity index (χ1n) is 8.52. The summed E-state index contributed by atoms with van der Waals surface area (Å²) in [6.45, 7) is 2.89. The first-order chi connectivity index (χ1) is 13.1. The van der Waals surface area contributed by atoms with E-state index in [-0.39, 0.29) is 11.7 Å². The van der Waals surface area contributed by atoms with Crippen LogP contribution in [0.5, 0.6) is 5.75 Å². The molecule has 0 atom stereocenters. The highest BCUT2D eigenvalue weighted by atomic mass is 32.2. The minimum Gasteiger partial charge on any atom is -0.492 e. The number of carbonyl (C=O) groups excluding carboxylic acids is 1. The van der Waals surface area contributed by atoms with Crippen LogP contribution in [0.15, 0.2) is 53.9 Å². The Hall–Kier alpha value is -2.87. The summed E-state index contributed by atoms with van der Waals surface area (Å²) in [7, 11) is 1.88. The van der Waals surface area contributed by atoms with Crippen LogP contribution in [0.3, 0.4) is 0 Å². The molecule has 0 fully saturated rings. The quantitative estimate of drug-likeness (QED) is 0.475. The molecule has 2 aromatic heterocycles. The first-order valence-corrected chi connectivity index (χ1v) is 9.51. The van der Waals surface area contributed by atoms with Crippen molar-refractivity contribution in [3.63, 3.8) is 0 Å². The molecule has 8 heteroatoms. The van der Waals surface area contributed by atoms with Gasteiger partial charge in [-0.3, -0.25) is 9.78 Å². The highest BCUT2D eigenvalue weighted by molar-refractivity contribution is 7.99. The zero-order valence-corrected chi connectivity index (χ0v) is 16.1. The summed E-state index contributed by atoms with van der Waals surface area (Å²) in [5, 5.41) is 11.9. The first kappa shape index (κ1) is 18.9. The molecule has 0 aliphatic heterocycles. The van der Waals surface area contributed by atoms with Gasteiger partial charge in [0.05, 0.1) is 12.3 Å². The molecular formula is C19H21N5O2S. The van der Waals surface area contributed by atoms with Gasteiger partial charge in [-0.05, 0) is 36.8 Å². The molecule has 140 valence electrons. The molecule has 0 saturated carbocycles. The number of pyridine rings is 1. The molecule has 0 unspecified atom stereocenters. The van der Waals surface area contributed by atoms with E-state index in [2.05, 4.69) is 20.5 Å². The molecule has 1 aromatic carbocycles. The molecular weight excluding hydrogens is 362 g/mol. The Balaban J connectivity index is 1.42. The van der Waals surface area contributed by atoms with Gasteiger partial charge in [0.2, 0.25) is 5.91 Å². The van der Waals surface area contributed by atoms with Gasteiger partial charge in [-0.2, -0.15) is 0 Å². The predicted octanol–water partition coefficient (Wildman–Crippen LogP) is 2.47. The summed E-state index contributed by atoms with van der Waals surface area (Å²) in [6.07, 6.45) is 3.42. The molecule has 3 aromatic rings. The van der Waals surface area contributed by atoms with Crippen molar-refractivity contribution in [3.8, 4) is 17.1 Å². The topological polar surface area (TPSA) is 81.9 Å². The third-order valence-corrected chi connectivity index (χ3v) is 4.81. The zero-order valence-electron chi connectivity index (χ0n) is 15.3. The summed E-state index contributed by atoms with van der Waals surface area (Å²) in [4.78, 5) is 16.0. The van der Waals surface area contributed by atoms with E-state index < -0.39 is 0 Å². The maximum absolute atomic E-state index is 12.0. The molecule has 0 saturated heterocycles. The van der Waals surface area contributed by atoms with E-state index in [0.717, 1.165) is 22.7 Å². The van der Waals surface area contributed by atoms with Crippen molar-refractivity contribution in [2.24, 2.45) is 7.05 Å². The fourth-order valence-electron chi connectivity index (χ4n) is 2.44. The monoisotopic (exact) mass is 383 g/mol. The fourth-order valence-corrected chi connectivity index (χ4v) is 3.18. The van der Waals surface area contributed by atoms with Crippen molar-refractivity contribution >= 4 is 17.7 Å². The maximum atomic E-state index is 12.0. The van der Waals surface area contributed by atoms with Crippen LogP contribution in [0.25, 0.3) is 11.4 Å². The third kappa shape index (κ3) is 5.30. The van der Waals surface area contributed by atoms with Gasteiger partial charge in [-0.1, -0.05) is 23.9 Å². The summed E-state index contributed by atoms with van der Waals surface area (Å²) >= 11 is 1.35. The van der Waals surface area contributed by atoms with Gasteiger partial charge in [0.15, 0.2) is 11.0 Å². The number of amides is 1. The lowest BCUT2D eigenvalue weighted by Crippen LogP contribution is -2.29. The average molecular weight is 383 g/mol.